The first-order chi connectivity index (χ1) is 10.2. The maximum Gasteiger partial charge on any atom is 0.220 e. The fraction of sp³-hybridized carbons (Fsp3) is 0.375. The van der Waals surface area contributed by atoms with Crippen LogP contribution in [-0.4, -0.2) is 24.0 Å². The number of aryl methyl sites for hydroxylation is 1. The van der Waals surface area contributed by atoms with Gasteiger partial charge in [0.2, 0.25) is 5.91 Å². The second kappa shape index (κ2) is 6.26. The predicted molar refractivity (Wildman–Crippen MR) is 83.6 cm³/mol. The summed E-state index contributed by atoms with van der Waals surface area (Å²) in [6.07, 6.45) is 3.46. The van der Waals surface area contributed by atoms with Gasteiger partial charge in [0, 0.05) is 23.4 Å². The number of hydrogen-bond donors (Lipinski definition) is 1. The molecule has 0 unspecified atom stereocenters. The number of ether oxygens (including phenoxy) is 1. The number of rotatable bonds is 6. The van der Waals surface area contributed by atoms with Crippen LogP contribution in [0.5, 0.6) is 5.75 Å². The molecule has 0 saturated heterocycles. The normalized spacial score (nSPS) is 14.0. The number of carbonyl (C=O) groups excluding carboxylic acids is 1. The predicted octanol–water partition coefficient (Wildman–Crippen LogP) is 3.03. The zero-order valence-electron chi connectivity index (χ0n) is 12.0. The van der Waals surface area contributed by atoms with Crippen molar-refractivity contribution in [3.63, 3.8) is 0 Å². The maximum atomic E-state index is 11.7. The molecule has 4 nitrogen and oxygen atoms in total. The summed E-state index contributed by atoms with van der Waals surface area (Å²) in [7, 11) is 1.66. The third kappa shape index (κ3) is 3.82. The van der Waals surface area contributed by atoms with Gasteiger partial charge in [0.25, 0.3) is 0 Å². The second-order valence-electron chi connectivity index (χ2n) is 5.22. The minimum absolute atomic E-state index is 0.133. The number of benzene rings is 1. The van der Waals surface area contributed by atoms with Crippen LogP contribution >= 0.6 is 11.3 Å². The molecule has 1 aliphatic carbocycles. The van der Waals surface area contributed by atoms with E-state index < -0.39 is 0 Å². The van der Waals surface area contributed by atoms with Crippen molar-refractivity contribution in [1.29, 1.82) is 0 Å². The molecule has 0 bridgehead atoms. The van der Waals surface area contributed by atoms with Gasteiger partial charge in [0.05, 0.1) is 12.8 Å². The van der Waals surface area contributed by atoms with Gasteiger partial charge >= 0.3 is 0 Å². The van der Waals surface area contributed by atoms with Crippen LogP contribution in [0.2, 0.25) is 0 Å². The topological polar surface area (TPSA) is 51.2 Å². The maximum absolute atomic E-state index is 11.7. The molecule has 1 heterocycles. The van der Waals surface area contributed by atoms with E-state index in [9.17, 15) is 4.79 Å². The van der Waals surface area contributed by atoms with Crippen LogP contribution in [0.25, 0.3) is 10.6 Å². The van der Waals surface area contributed by atoms with Crippen LogP contribution in [-0.2, 0) is 11.2 Å². The summed E-state index contributed by atoms with van der Waals surface area (Å²) in [6, 6.07) is 8.30. The highest BCUT2D eigenvalue weighted by Gasteiger charge is 2.22. The highest BCUT2D eigenvalue weighted by Crippen LogP contribution is 2.27. The molecule has 1 aromatic heterocycles. The second-order valence-corrected chi connectivity index (χ2v) is 6.08. The largest absolute Gasteiger partial charge is 0.497 e. The molecule has 21 heavy (non-hydrogen) atoms. The van der Waals surface area contributed by atoms with Gasteiger partial charge in [-0.2, -0.15) is 0 Å². The average molecular weight is 302 g/mol. The third-order valence-corrected chi connectivity index (χ3v) is 4.36. The Hall–Kier alpha value is -1.88. The van der Waals surface area contributed by atoms with Crippen molar-refractivity contribution < 1.29 is 9.53 Å². The van der Waals surface area contributed by atoms with Crippen LogP contribution in [0.3, 0.4) is 0 Å². The number of nitrogens with one attached hydrogen (secondary N) is 1. The van der Waals surface area contributed by atoms with E-state index in [4.69, 9.17) is 4.74 Å². The highest BCUT2D eigenvalue weighted by molar-refractivity contribution is 7.13. The lowest BCUT2D eigenvalue weighted by Gasteiger charge is -2.02. The summed E-state index contributed by atoms with van der Waals surface area (Å²) < 4.78 is 5.23. The molecule has 0 atom stereocenters. The van der Waals surface area contributed by atoms with E-state index in [-0.39, 0.29) is 5.91 Å². The van der Waals surface area contributed by atoms with E-state index >= 15 is 0 Å². The smallest absolute Gasteiger partial charge is 0.220 e. The Morgan fingerprint density at radius 3 is 3.10 bits per heavy atom. The lowest BCUT2D eigenvalue weighted by atomic mass is 10.2. The summed E-state index contributed by atoms with van der Waals surface area (Å²) in [6.45, 7) is 0. The molecule has 1 aliphatic rings. The zero-order valence-corrected chi connectivity index (χ0v) is 12.8. The Balaban J connectivity index is 1.60. The Morgan fingerprint density at radius 1 is 1.48 bits per heavy atom. The first-order valence-corrected chi connectivity index (χ1v) is 8.01. The first-order valence-electron chi connectivity index (χ1n) is 7.13. The van der Waals surface area contributed by atoms with Crippen molar-refractivity contribution in [2.24, 2.45) is 0 Å². The van der Waals surface area contributed by atoms with E-state index in [2.05, 4.69) is 10.3 Å². The van der Waals surface area contributed by atoms with Gasteiger partial charge in [-0.15, -0.1) is 11.3 Å². The van der Waals surface area contributed by atoms with Crippen molar-refractivity contribution in [3.05, 3.63) is 35.3 Å². The van der Waals surface area contributed by atoms with Gasteiger partial charge in [-0.3, -0.25) is 4.79 Å². The van der Waals surface area contributed by atoms with Gasteiger partial charge in [-0.25, -0.2) is 4.98 Å². The summed E-state index contributed by atoms with van der Waals surface area (Å²) in [4.78, 5) is 16.3. The summed E-state index contributed by atoms with van der Waals surface area (Å²) in [5.74, 6) is 0.960. The van der Waals surface area contributed by atoms with Crippen LogP contribution in [0.1, 0.15) is 25.0 Å². The Kier molecular flexibility index (Phi) is 4.20. The Morgan fingerprint density at radius 2 is 2.33 bits per heavy atom. The van der Waals surface area contributed by atoms with Crippen molar-refractivity contribution in [2.45, 2.75) is 31.7 Å². The molecule has 0 aliphatic heterocycles. The van der Waals surface area contributed by atoms with Crippen molar-refractivity contribution in [1.82, 2.24) is 10.3 Å². The van der Waals surface area contributed by atoms with E-state index in [0.29, 0.717) is 18.9 Å². The standard InChI is InChI=1S/C16H18N2O2S/c1-20-14-4-2-3-11(9-14)16-18-13(10-21-16)7-8-15(19)17-12-5-6-12/h2-4,9-10,12H,5-8H2,1H3,(H,17,19). The van der Waals surface area contributed by atoms with Gasteiger partial charge in [-0.1, -0.05) is 12.1 Å². The lowest BCUT2D eigenvalue weighted by Crippen LogP contribution is -2.25. The van der Waals surface area contributed by atoms with E-state index in [1.165, 1.54) is 0 Å². The van der Waals surface area contributed by atoms with Crippen molar-refractivity contribution in [2.75, 3.05) is 7.11 Å². The molecule has 1 aromatic carbocycles. The molecule has 5 heteroatoms. The fourth-order valence-corrected chi connectivity index (χ4v) is 2.93. The van der Waals surface area contributed by atoms with Gasteiger partial charge in [0.1, 0.15) is 10.8 Å². The number of hydrogen-bond acceptors (Lipinski definition) is 4. The summed E-state index contributed by atoms with van der Waals surface area (Å²) >= 11 is 1.60. The SMILES string of the molecule is COc1cccc(-c2nc(CCC(=O)NC3CC3)cs2)c1. The number of amides is 1. The Bertz CT molecular complexity index is 635. The van der Waals surface area contributed by atoms with Crippen LogP contribution < -0.4 is 10.1 Å². The van der Waals surface area contributed by atoms with Gasteiger partial charge in [0.15, 0.2) is 0 Å². The average Bonchev–Trinajstić information content (AvgIpc) is 3.19. The van der Waals surface area contributed by atoms with E-state index in [0.717, 1.165) is 34.9 Å². The van der Waals surface area contributed by atoms with E-state index in [1.807, 2.05) is 29.6 Å². The minimum atomic E-state index is 0.133. The van der Waals surface area contributed by atoms with Crippen molar-refractivity contribution in [3.8, 4) is 16.3 Å². The monoisotopic (exact) mass is 302 g/mol. The van der Waals surface area contributed by atoms with Crippen molar-refractivity contribution >= 4 is 17.2 Å². The lowest BCUT2D eigenvalue weighted by molar-refractivity contribution is -0.121. The highest BCUT2D eigenvalue weighted by atomic mass is 32.1. The molecule has 1 fully saturated rings. The number of thiazole rings is 1. The Labute approximate surface area is 128 Å². The molecule has 0 spiro atoms. The van der Waals surface area contributed by atoms with Gasteiger partial charge in [-0.05, 0) is 31.4 Å². The molecule has 1 N–H and O–H groups in total. The summed E-state index contributed by atoms with van der Waals surface area (Å²) in [5.41, 5.74) is 2.02. The number of aromatic nitrogens is 1. The summed E-state index contributed by atoms with van der Waals surface area (Å²) in [5, 5.41) is 5.99. The van der Waals surface area contributed by atoms with Crippen LogP contribution in [0, 0.1) is 0 Å². The van der Waals surface area contributed by atoms with E-state index in [1.54, 1.807) is 18.4 Å². The van der Waals surface area contributed by atoms with Crippen LogP contribution in [0.4, 0.5) is 0 Å². The quantitative estimate of drug-likeness (QED) is 0.892. The molecule has 1 amide bonds. The molecule has 1 saturated carbocycles. The third-order valence-electron chi connectivity index (χ3n) is 3.42. The van der Waals surface area contributed by atoms with Gasteiger partial charge < -0.3 is 10.1 Å². The molecular weight excluding hydrogens is 284 g/mol. The molecule has 0 radical (unpaired) electrons. The van der Waals surface area contributed by atoms with Crippen LogP contribution in [0.15, 0.2) is 29.6 Å². The molecule has 110 valence electrons. The fourth-order valence-electron chi connectivity index (χ4n) is 2.08. The molecule has 2 aromatic rings. The molecular formula is C16H18N2O2S. The number of nitrogens with zero attached hydrogens (tertiary/aromatic N) is 1. The number of methoxy groups -OCH3 is 1. The molecule has 3 rings (SSSR count). The first kappa shape index (κ1) is 14.1. The minimum Gasteiger partial charge on any atom is -0.497 e. The number of carbonyl (C=O) groups is 1. The zero-order chi connectivity index (χ0) is 14.7.